The van der Waals surface area contributed by atoms with Gasteiger partial charge in [0.2, 0.25) is 5.78 Å². The fourth-order valence-electron chi connectivity index (χ4n) is 1.96. The number of allylic oxidation sites excluding steroid dienone is 1. The Morgan fingerprint density at radius 1 is 1.30 bits per heavy atom. The number of aromatic nitrogens is 1. The molecule has 0 saturated carbocycles. The van der Waals surface area contributed by atoms with Gasteiger partial charge in [0.25, 0.3) is 0 Å². The molecule has 0 atom stereocenters. The van der Waals surface area contributed by atoms with Crippen molar-refractivity contribution in [3.63, 3.8) is 0 Å². The lowest BCUT2D eigenvalue weighted by atomic mass is 10.0. The second kappa shape index (κ2) is 6.06. The van der Waals surface area contributed by atoms with Crippen molar-refractivity contribution in [2.75, 3.05) is 0 Å². The van der Waals surface area contributed by atoms with Crippen molar-refractivity contribution >= 4 is 24.3 Å². The van der Waals surface area contributed by atoms with E-state index in [1.165, 1.54) is 0 Å². The molecule has 0 fully saturated rings. The SMILES string of the molecule is C=Nc1ccc(C(=O)c2cc(C)ccn2)cc1/C=C\C. The van der Waals surface area contributed by atoms with Crippen LogP contribution in [0, 0.1) is 6.92 Å². The zero-order valence-corrected chi connectivity index (χ0v) is 11.6. The van der Waals surface area contributed by atoms with Gasteiger partial charge in [0.05, 0.1) is 5.69 Å². The first-order valence-corrected chi connectivity index (χ1v) is 6.36. The van der Waals surface area contributed by atoms with E-state index in [9.17, 15) is 4.79 Å². The molecular formula is C17H16N2O. The number of carbonyl (C=O) groups is 1. The number of rotatable bonds is 4. The largest absolute Gasteiger partial charge is 0.287 e. The van der Waals surface area contributed by atoms with Gasteiger partial charge in [-0.25, -0.2) is 0 Å². The van der Waals surface area contributed by atoms with Crippen LogP contribution in [0.4, 0.5) is 5.69 Å². The molecule has 3 heteroatoms. The molecule has 20 heavy (non-hydrogen) atoms. The van der Waals surface area contributed by atoms with Crippen LogP contribution in [-0.2, 0) is 0 Å². The number of benzene rings is 1. The second-order valence-corrected chi connectivity index (χ2v) is 4.48. The highest BCUT2D eigenvalue weighted by Gasteiger charge is 2.12. The Morgan fingerprint density at radius 2 is 2.10 bits per heavy atom. The lowest BCUT2D eigenvalue weighted by Crippen LogP contribution is -2.04. The van der Waals surface area contributed by atoms with E-state index >= 15 is 0 Å². The minimum Gasteiger partial charge on any atom is -0.287 e. The molecule has 100 valence electrons. The van der Waals surface area contributed by atoms with E-state index in [2.05, 4.69) is 16.7 Å². The van der Waals surface area contributed by atoms with E-state index < -0.39 is 0 Å². The monoisotopic (exact) mass is 264 g/mol. The molecular weight excluding hydrogens is 248 g/mol. The van der Waals surface area contributed by atoms with Gasteiger partial charge in [-0.05, 0) is 56.5 Å². The predicted molar refractivity (Wildman–Crippen MR) is 82.8 cm³/mol. The molecule has 0 spiro atoms. The highest BCUT2D eigenvalue weighted by molar-refractivity contribution is 6.08. The molecule has 2 aromatic rings. The quantitative estimate of drug-likeness (QED) is 0.619. The second-order valence-electron chi connectivity index (χ2n) is 4.48. The number of aryl methyl sites for hydroxylation is 1. The average Bonchev–Trinajstić information content (AvgIpc) is 2.47. The summed E-state index contributed by atoms with van der Waals surface area (Å²) in [6, 6.07) is 9.02. The summed E-state index contributed by atoms with van der Waals surface area (Å²) in [7, 11) is 0. The number of hydrogen-bond acceptors (Lipinski definition) is 3. The lowest BCUT2D eigenvalue weighted by Gasteiger charge is -2.05. The summed E-state index contributed by atoms with van der Waals surface area (Å²) in [4.78, 5) is 20.5. The van der Waals surface area contributed by atoms with Crippen LogP contribution in [0.2, 0.25) is 0 Å². The van der Waals surface area contributed by atoms with Crippen molar-refractivity contribution in [3.05, 3.63) is 65.0 Å². The fourth-order valence-corrected chi connectivity index (χ4v) is 1.96. The Labute approximate surface area is 118 Å². The van der Waals surface area contributed by atoms with Gasteiger partial charge < -0.3 is 0 Å². The van der Waals surface area contributed by atoms with Gasteiger partial charge in [-0.2, -0.15) is 0 Å². The van der Waals surface area contributed by atoms with Crippen LogP contribution in [0.1, 0.15) is 34.1 Å². The molecule has 0 aliphatic heterocycles. The standard InChI is InChI=1S/C17H16N2O/c1-4-5-13-11-14(6-7-15(13)18-3)17(20)16-10-12(2)8-9-19-16/h4-11H,3H2,1-2H3/b5-4-. The molecule has 0 N–H and O–H groups in total. The lowest BCUT2D eigenvalue weighted by molar-refractivity contribution is 0.103. The number of carbonyl (C=O) groups excluding carboxylic acids is 1. The van der Waals surface area contributed by atoms with Gasteiger partial charge in [0.1, 0.15) is 5.69 Å². The number of ketones is 1. The maximum atomic E-state index is 12.4. The van der Waals surface area contributed by atoms with Gasteiger partial charge >= 0.3 is 0 Å². The van der Waals surface area contributed by atoms with Crippen LogP contribution < -0.4 is 0 Å². The van der Waals surface area contributed by atoms with Crippen molar-refractivity contribution < 1.29 is 4.79 Å². The van der Waals surface area contributed by atoms with Crippen molar-refractivity contribution in [2.24, 2.45) is 4.99 Å². The number of nitrogens with zero attached hydrogens (tertiary/aromatic N) is 2. The van der Waals surface area contributed by atoms with E-state index in [0.29, 0.717) is 11.3 Å². The van der Waals surface area contributed by atoms with Crippen molar-refractivity contribution in [2.45, 2.75) is 13.8 Å². The third-order valence-corrected chi connectivity index (χ3v) is 2.95. The summed E-state index contributed by atoms with van der Waals surface area (Å²) >= 11 is 0. The highest BCUT2D eigenvalue weighted by atomic mass is 16.1. The van der Waals surface area contributed by atoms with Crippen LogP contribution in [-0.4, -0.2) is 17.5 Å². The van der Waals surface area contributed by atoms with Crippen molar-refractivity contribution in [1.29, 1.82) is 0 Å². The van der Waals surface area contributed by atoms with Gasteiger partial charge in [0, 0.05) is 17.3 Å². The van der Waals surface area contributed by atoms with Crippen LogP contribution in [0.25, 0.3) is 6.08 Å². The van der Waals surface area contributed by atoms with Gasteiger partial charge in [0.15, 0.2) is 0 Å². The van der Waals surface area contributed by atoms with Crippen LogP contribution in [0.15, 0.2) is 47.6 Å². The predicted octanol–water partition coefficient (Wildman–Crippen LogP) is 3.99. The maximum absolute atomic E-state index is 12.4. The van der Waals surface area contributed by atoms with E-state index in [1.54, 1.807) is 24.4 Å². The number of pyridine rings is 1. The topological polar surface area (TPSA) is 42.3 Å². The third-order valence-electron chi connectivity index (χ3n) is 2.95. The van der Waals surface area contributed by atoms with E-state index in [4.69, 9.17) is 0 Å². The smallest absolute Gasteiger partial charge is 0.211 e. The third kappa shape index (κ3) is 2.88. The van der Waals surface area contributed by atoms with Gasteiger partial charge in [-0.15, -0.1) is 0 Å². The molecule has 0 radical (unpaired) electrons. The molecule has 0 amide bonds. The summed E-state index contributed by atoms with van der Waals surface area (Å²) in [5.74, 6) is -0.0879. The Hall–Kier alpha value is -2.55. The Kier molecular flexibility index (Phi) is 4.20. The van der Waals surface area contributed by atoms with Crippen LogP contribution >= 0.6 is 0 Å². The molecule has 0 unspecified atom stereocenters. The Bertz CT molecular complexity index is 687. The molecule has 2 rings (SSSR count). The fraction of sp³-hybridized carbons (Fsp3) is 0.118. The maximum Gasteiger partial charge on any atom is 0.211 e. The summed E-state index contributed by atoms with van der Waals surface area (Å²) in [5.41, 5.74) is 3.71. The molecule has 3 nitrogen and oxygen atoms in total. The van der Waals surface area contributed by atoms with E-state index in [-0.39, 0.29) is 5.78 Å². The molecule has 0 aliphatic rings. The minimum atomic E-state index is -0.0879. The van der Waals surface area contributed by atoms with Crippen LogP contribution in [0.3, 0.4) is 0 Å². The highest BCUT2D eigenvalue weighted by Crippen LogP contribution is 2.23. The van der Waals surface area contributed by atoms with E-state index in [0.717, 1.165) is 16.8 Å². The molecule has 0 bridgehead atoms. The van der Waals surface area contributed by atoms with E-state index in [1.807, 2.05) is 38.1 Å². The number of hydrogen-bond donors (Lipinski definition) is 0. The zero-order valence-electron chi connectivity index (χ0n) is 11.6. The zero-order chi connectivity index (χ0) is 14.5. The average molecular weight is 264 g/mol. The first-order valence-electron chi connectivity index (χ1n) is 6.36. The van der Waals surface area contributed by atoms with Gasteiger partial charge in [-0.1, -0.05) is 12.2 Å². The summed E-state index contributed by atoms with van der Waals surface area (Å²) in [6.45, 7) is 7.40. The Morgan fingerprint density at radius 3 is 2.75 bits per heavy atom. The molecule has 0 saturated heterocycles. The van der Waals surface area contributed by atoms with Crippen molar-refractivity contribution in [1.82, 2.24) is 4.98 Å². The minimum absolute atomic E-state index is 0.0879. The summed E-state index contributed by atoms with van der Waals surface area (Å²) in [5, 5.41) is 0. The number of aliphatic imine (C=N–C) groups is 1. The molecule has 1 aromatic heterocycles. The molecule has 0 aliphatic carbocycles. The van der Waals surface area contributed by atoms with Crippen LogP contribution in [0.5, 0.6) is 0 Å². The summed E-state index contributed by atoms with van der Waals surface area (Å²) < 4.78 is 0. The first-order chi connectivity index (χ1) is 9.65. The molecule has 1 heterocycles. The van der Waals surface area contributed by atoms with Crippen molar-refractivity contribution in [3.8, 4) is 0 Å². The summed E-state index contributed by atoms with van der Waals surface area (Å²) in [6.07, 6.45) is 5.46. The Balaban J connectivity index is 2.45. The van der Waals surface area contributed by atoms with Gasteiger partial charge in [-0.3, -0.25) is 14.8 Å². The normalized spacial score (nSPS) is 10.7. The first kappa shape index (κ1) is 13.9. The molecule has 1 aromatic carbocycles.